The van der Waals surface area contributed by atoms with Crippen molar-refractivity contribution in [2.75, 3.05) is 26.2 Å². The Morgan fingerprint density at radius 2 is 1.71 bits per heavy atom. The standard InChI is InChI=1S/C15H32N2/c1-13(11-16-14(2,3)4)12-17-9-7-15(5,6)8-10-17/h13,16H,7-12H2,1-6H3. The van der Waals surface area contributed by atoms with E-state index in [1.54, 1.807) is 0 Å². The van der Waals surface area contributed by atoms with Crippen LogP contribution in [-0.2, 0) is 0 Å². The summed E-state index contributed by atoms with van der Waals surface area (Å²) in [5, 5.41) is 3.60. The highest BCUT2D eigenvalue weighted by atomic mass is 15.1. The predicted molar refractivity (Wildman–Crippen MR) is 76.4 cm³/mol. The number of rotatable bonds is 4. The molecule has 2 nitrogen and oxygen atoms in total. The third-order valence-corrected chi connectivity index (χ3v) is 3.76. The largest absolute Gasteiger partial charge is 0.312 e. The van der Waals surface area contributed by atoms with E-state index in [4.69, 9.17) is 0 Å². The highest BCUT2D eigenvalue weighted by Crippen LogP contribution is 2.29. The van der Waals surface area contributed by atoms with Crippen LogP contribution < -0.4 is 5.32 Å². The summed E-state index contributed by atoms with van der Waals surface area (Å²) >= 11 is 0. The second-order valence-electron chi connectivity index (χ2n) is 7.70. The van der Waals surface area contributed by atoms with Gasteiger partial charge >= 0.3 is 0 Å². The van der Waals surface area contributed by atoms with Gasteiger partial charge in [0, 0.05) is 12.1 Å². The van der Waals surface area contributed by atoms with Crippen molar-refractivity contribution in [1.29, 1.82) is 0 Å². The molecule has 1 aliphatic heterocycles. The highest BCUT2D eigenvalue weighted by Gasteiger charge is 2.25. The molecule has 1 aliphatic rings. The molecule has 0 bridgehead atoms. The molecule has 0 saturated carbocycles. The number of piperidine rings is 1. The fourth-order valence-corrected chi connectivity index (χ4v) is 2.33. The lowest BCUT2D eigenvalue weighted by molar-refractivity contribution is 0.118. The van der Waals surface area contributed by atoms with Gasteiger partial charge in [0.2, 0.25) is 0 Å². The maximum atomic E-state index is 3.60. The fraction of sp³-hybridized carbons (Fsp3) is 1.00. The minimum Gasteiger partial charge on any atom is -0.312 e. The maximum Gasteiger partial charge on any atom is 0.00966 e. The summed E-state index contributed by atoms with van der Waals surface area (Å²) in [6.45, 7) is 18.8. The third kappa shape index (κ3) is 6.42. The summed E-state index contributed by atoms with van der Waals surface area (Å²) in [6.07, 6.45) is 2.71. The summed E-state index contributed by atoms with van der Waals surface area (Å²) in [7, 11) is 0. The minimum absolute atomic E-state index is 0.248. The Morgan fingerprint density at radius 3 is 2.18 bits per heavy atom. The number of nitrogens with one attached hydrogen (secondary N) is 1. The molecular formula is C15H32N2. The number of hydrogen-bond donors (Lipinski definition) is 1. The zero-order valence-corrected chi connectivity index (χ0v) is 12.8. The van der Waals surface area contributed by atoms with E-state index in [0.717, 1.165) is 12.5 Å². The molecule has 0 amide bonds. The number of hydrogen-bond acceptors (Lipinski definition) is 2. The molecule has 0 aliphatic carbocycles. The van der Waals surface area contributed by atoms with Gasteiger partial charge < -0.3 is 10.2 Å². The molecule has 1 N–H and O–H groups in total. The van der Waals surface area contributed by atoms with E-state index in [1.807, 2.05) is 0 Å². The molecule has 1 rings (SSSR count). The Kier molecular flexibility index (Phi) is 5.03. The zero-order valence-electron chi connectivity index (χ0n) is 12.8. The Labute approximate surface area is 108 Å². The molecule has 0 spiro atoms. The molecule has 0 aromatic rings. The monoisotopic (exact) mass is 240 g/mol. The van der Waals surface area contributed by atoms with Crippen LogP contribution in [0.5, 0.6) is 0 Å². The van der Waals surface area contributed by atoms with Gasteiger partial charge in [0.1, 0.15) is 0 Å². The molecule has 1 atom stereocenters. The van der Waals surface area contributed by atoms with Gasteiger partial charge in [0.05, 0.1) is 0 Å². The van der Waals surface area contributed by atoms with Crippen LogP contribution in [0.2, 0.25) is 0 Å². The van der Waals surface area contributed by atoms with Crippen LogP contribution >= 0.6 is 0 Å². The van der Waals surface area contributed by atoms with Gasteiger partial charge in [-0.1, -0.05) is 20.8 Å². The second-order valence-corrected chi connectivity index (χ2v) is 7.70. The molecule has 2 heteroatoms. The lowest BCUT2D eigenvalue weighted by Gasteiger charge is -2.38. The predicted octanol–water partition coefficient (Wildman–Crippen LogP) is 3.13. The Morgan fingerprint density at radius 1 is 1.18 bits per heavy atom. The summed E-state index contributed by atoms with van der Waals surface area (Å²) in [6, 6.07) is 0. The SMILES string of the molecule is CC(CNC(C)(C)C)CN1CCC(C)(C)CC1. The first kappa shape index (κ1) is 15.0. The molecule has 102 valence electrons. The highest BCUT2D eigenvalue weighted by molar-refractivity contribution is 4.80. The topological polar surface area (TPSA) is 15.3 Å². The first-order valence-electron chi connectivity index (χ1n) is 7.15. The minimum atomic E-state index is 0.248. The van der Waals surface area contributed by atoms with Gasteiger partial charge in [0.15, 0.2) is 0 Å². The van der Waals surface area contributed by atoms with Crippen LogP contribution in [0, 0.1) is 11.3 Å². The van der Waals surface area contributed by atoms with E-state index >= 15 is 0 Å². The number of nitrogens with zero attached hydrogens (tertiary/aromatic N) is 1. The summed E-state index contributed by atoms with van der Waals surface area (Å²) < 4.78 is 0. The van der Waals surface area contributed by atoms with Crippen molar-refractivity contribution in [2.24, 2.45) is 11.3 Å². The molecule has 0 aromatic heterocycles. The van der Waals surface area contributed by atoms with Crippen LogP contribution in [-0.4, -0.2) is 36.6 Å². The number of likely N-dealkylation sites (tertiary alicyclic amines) is 1. The molecule has 0 radical (unpaired) electrons. The molecule has 17 heavy (non-hydrogen) atoms. The van der Waals surface area contributed by atoms with Crippen molar-refractivity contribution in [1.82, 2.24) is 10.2 Å². The van der Waals surface area contributed by atoms with E-state index in [-0.39, 0.29) is 5.54 Å². The lowest BCUT2D eigenvalue weighted by atomic mass is 9.82. The average Bonchev–Trinajstić information content (AvgIpc) is 2.17. The van der Waals surface area contributed by atoms with Gasteiger partial charge in [-0.05, 0) is 64.6 Å². The van der Waals surface area contributed by atoms with Crippen LogP contribution in [0.1, 0.15) is 54.4 Å². The smallest absolute Gasteiger partial charge is 0.00966 e. The van der Waals surface area contributed by atoms with E-state index in [0.29, 0.717) is 5.41 Å². The van der Waals surface area contributed by atoms with E-state index < -0.39 is 0 Å². The van der Waals surface area contributed by atoms with Crippen molar-refractivity contribution in [2.45, 2.75) is 59.9 Å². The lowest BCUT2D eigenvalue weighted by Crippen LogP contribution is -2.44. The Hall–Kier alpha value is -0.0800. The van der Waals surface area contributed by atoms with Gasteiger partial charge in [-0.2, -0.15) is 0 Å². The van der Waals surface area contributed by atoms with E-state index in [1.165, 1.54) is 32.5 Å². The van der Waals surface area contributed by atoms with Crippen molar-refractivity contribution < 1.29 is 0 Å². The van der Waals surface area contributed by atoms with Gasteiger partial charge in [-0.25, -0.2) is 0 Å². The van der Waals surface area contributed by atoms with E-state index in [9.17, 15) is 0 Å². The Balaban J connectivity index is 2.21. The molecule has 0 aromatic carbocycles. The fourth-order valence-electron chi connectivity index (χ4n) is 2.33. The van der Waals surface area contributed by atoms with Gasteiger partial charge in [-0.3, -0.25) is 0 Å². The zero-order chi connectivity index (χ0) is 13.1. The van der Waals surface area contributed by atoms with E-state index in [2.05, 4.69) is 51.8 Å². The van der Waals surface area contributed by atoms with Crippen LogP contribution in [0.4, 0.5) is 0 Å². The van der Waals surface area contributed by atoms with Crippen molar-refractivity contribution in [3.05, 3.63) is 0 Å². The van der Waals surface area contributed by atoms with Crippen molar-refractivity contribution in [3.63, 3.8) is 0 Å². The maximum absolute atomic E-state index is 3.60. The van der Waals surface area contributed by atoms with Gasteiger partial charge in [0.25, 0.3) is 0 Å². The summed E-state index contributed by atoms with van der Waals surface area (Å²) in [5.74, 6) is 0.746. The van der Waals surface area contributed by atoms with Crippen LogP contribution in [0.15, 0.2) is 0 Å². The van der Waals surface area contributed by atoms with Gasteiger partial charge in [-0.15, -0.1) is 0 Å². The quantitative estimate of drug-likeness (QED) is 0.812. The Bertz CT molecular complexity index is 218. The summed E-state index contributed by atoms with van der Waals surface area (Å²) in [5.41, 5.74) is 0.821. The molecule has 1 saturated heterocycles. The molecule has 1 unspecified atom stereocenters. The average molecular weight is 240 g/mol. The first-order valence-corrected chi connectivity index (χ1v) is 7.15. The summed E-state index contributed by atoms with van der Waals surface area (Å²) in [4.78, 5) is 2.64. The van der Waals surface area contributed by atoms with Crippen molar-refractivity contribution >= 4 is 0 Å². The van der Waals surface area contributed by atoms with Crippen LogP contribution in [0.25, 0.3) is 0 Å². The third-order valence-electron chi connectivity index (χ3n) is 3.76. The van der Waals surface area contributed by atoms with Crippen LogP contribution in [0.3, 0.4) is 0 Å². The second kappa shape index (κ2) is 5.71. The molecule has 1 heterocycles. The normalized spacial score (nSPS) is 23.6. The molecule has 1 fully saturated rings. The first-order chi connectivity index (χ1) is 7.68. The van der Waals surface area contributed by atoms with Crippen molar-refractivity contribution in [3.8, 4) is 0 Å². The molecular weight excluding hydrogens is 208 g/mol.